The van der Waals surface area contributed by atoms with Crippen LogP contribution >= 0.6 is 0 Å². The molecule has 0 saturated heterocycles. The van der Waals surface area contributed by atoms with E-state index in [2.05, 4.69) is 55.5 Å². The van der Waals surface area contributed by atoms with E-state index >= 15 is 0 Å². The molecular weight excluding hydrogens is 338 g/mol. The molecule has 0 spiro atoms. The van der Waals surface area contributed by atoms with E-state index in [0.717, 1.165) is 36.9 Å². The van der Waals surface area contributed by atoms with Crippen molar-refractivity contribution in [3.63, 3.8) is 0 Å². The maximum atomic E-state index is 4.49. The number of benzene rings is 1. The van der Waals surface area contributed by atoms with Crippen LogP contribution in [0.2, 0.25) is 0 Å². The maximum absolute atomic E-state index is 4.49. The molecule has 0 unspecified atom stereocenters. The second kappa shape index (κ2) is 9.02. The lowest BCUT2D eigenvalue weighted by Crippen LogP contribution is -2.37. The van der Waals surface area contributed by atoms with E-state index in [-0.39, 0.29) is 0 Å². The first kappa shape index (κ1) is 18.7. The van der Waals surface area contributed by atoms with Gasteiger partial charge in [0.2, 0.25) is 0 Å². The first-order chi connectivity index (χ1) is 13.2. The third-order valence-electron chi connectivity index (χ3n) is 4.39. The van der Waals surface area contributed by atoms with Gasteiger partial charge in [0.05, 0.1) is 17.7 Å². The highest BCUT2D eigenvalue weighted by molar-refractivity contribution is 5.79. The van der Waals surface area contributed by atoms with Gasteiger partial charge in [-0.3, -0.25) is 9.67 Å². The fourth-order valence-corrected chi connectivity index (χ4v) is 3.05. The minimum Gasteiger partial charge on any atom is -0.356 e. The summed E-state index contributed by atoms with van der Waals surface area (Å²) in [6.07, 6.45) is 6.53. The average Bonchev–Trinajstić information content (AvgIpc) is 3.31. The summed E-state index contributed by atoms with van der Waals surface area (Å²) in [7, 11) is 1.79. The van der Waals surface area contributed by atoms with Crippen molar-refractivity contribution in [2.24, 2.45) is 4.99 Å². The highest BCUT2D eigenvalue weighted by Gasteiger charge is 2.05. The van der Waals surface area contributed by atoms with Crippen LogP contribution in [0.4, 0.5) is 0 Å². The van der Waals surface area contributed by atoms with E-state index in [1.807, 2.05) is 36.1 Å². The van der Waals surface area contributed by atoms with Crippen LogP contribution in [0.1, 0.15) is 23.4 Å². The molecule has 142 valence electrons. The Morgan fingerprint density at radius 3 is 2.74 bits per heavy atom. The third kappa shape index (κ3) is 4.97. The van der Waals surface area contributed by atoms with Gasteiger partial charge in [0, 0.05) is 44.8 Å². The number of hydrogen-bond donors (Lipinski definition) is 2. The molecule has 0 atom stereocenters. The summed E-state index contributed by atoms with van der Waals surface area (Å²) >= 11 is 0. The van der Waals surface area contributed by atoms with Crippen LogP contribution in [0.5, 0.6) is 0 Å². The number of hydrogen-bond acceptors (Lipinski definition) is 3. The molecule has 0 fully saturated rings. The number of aliphatic imine (C=N–C) groups is 1. The molecule has 0 bridgehead atoms. The topological polar surface area (TPSA) is 72.1 Å². The number of para-hydroxylation sites is 1. The number of nitrogens with zero attached hydrogens (tertiary/aromatic N) is 5. The number of aryl methyl sites for hydroxylation is 3. The molecule has 0 radical (unpaired) electrons. The van der Waals surface area contributed by atoms with Crippen molar-refractivity contribution in [3.8, 4) is 5.69 Å². The van der Waals surface area contributed by atoms with Gasteiger partial charge in [0.1, 0.15) is 0 Å². The molecule has 0 aliphatic carbocycles. The quantitative estimate of drug-likeness (QED) is 0.383. The first-order valence-corrected chi connectivity index (χ1v) is 9.19. The van der Waals surface area contributed by atoms with Gasteiger partial charge < -0.3 is 15.2 Å². The molecule has 3 rings (SSSR count). The van der Waals surface area contributed by atoms with Gasteiger partial charge in [-0.2, -0.15) is 5.10 Å². The minimum atomic E-state index is 0.686. The second-order valence-electron chi connectivity index (χ2n) is 6.46. The van der Waals surface area contributed by atoms with Crippen LogP contribution < -0.4 is 10.6 Å². The van der Waals surface area contributed by atoms with Gasteiger partial charge in [0.25, 0.3) is 0 Å². The Bertz CT molecular complexity index is 878. The molecule has 2 heterocycles. The number of aromatic nitrogens is 4. The standard InChI is InChI=1S/C20H27N7/c1-16-13-17(2)27(25-16)11-6-9-23-20(21-3)24-14-18-7-4-5-8-19(18)26-12-10-22-15-26/h4-5,7-8,10,12-13,15H,6,9,11,14H2,1-3H3,(H2,21,23,24). The largest absolute Gasteiger partial charge is 0.356 e. The minimum absolute atomic E-state index is 0.686. The van der Waals surface area contributed by atoms with Crippen molar-refractivity contribution in [2.45, 2.75) is 33.4 Å². The zero-order valence-electron chi connectivity index (χ0n) is 16.2. The molecule has 0 aliphatic rings. The first-order valence-electron chi connectivity index (χ1n) is 9.19. The SMILES string of the molecule is CN=C(NCCCn1nc(C)cc1C)NCc1ccccc1-n1ccnc1. The van der Waals surface area contributed by atoms with E-state index in [1.165, 1.54) is 11.3 Å². The molecule has 27 heavy (non-hydrogen) atoms. The Morgan fingerprint density at radius 2 is 2.04 bits per heavy atom. The Hall–Kier alpha value is -3.09. The summed E-state index contributed by atoms with van der Waals surface area (Å²) in [6, 6.07) is 10.4. The number of nitrogens with one attached hydrogen (secondary N) is 2. The molecule has 0 amide bonds. The van der Waals surface area contributed by atoms with Crippen molar-refractivity contribution in [1.82, 2.24) is 30.0 Å². The molecule has 0 aliphatic heterocycles. The highest BCUT2D eigenvalue weighted by atomic mass is 15.3. The van der Waals surface area contributed by atoms with Crippen molar-refractivity contribution >= 4 is 5.96 Å². The molecule has 0 saturated carbocycles. The third-order valence-corrected chi connectivity index (χ3v) is 4.39. The maximum Gasteiger partial charge on any atom is 0.191 e. The lowest BCUT2D eigenvalue weighted by molar-refractivity contribution is 0.555. The van der Waals surface area contributed by atoms with Crippen LogP contribution in [0, 0.1) is 13.8 Å². The van der Waals surface area contributed by atoms with Crippen LogP contribution in [-0.2, 0) is 13.1 Å². The van der Waals surface area contributed by atoms with Gasteiger partial charge >= 0.3 is 0 Å². The van der Waals surface area contributed by atoms with Gasteiger partial charge in [-0.1, -0.05) is 18.2 Å². The van der Waals surface area contributed by atoms with E-state index < -0.39 is 0 Å². The zero-order chi connectivity index (χ0) is 19.1. The smallest absolute Gasteiger partial charge is 0.191 e. The summed E-state index contributed by atoms with van der Waals surface area (Å²) in [6.45, 7) is 6.53. The highest BCUT2D eigenvalue weighted by Crippen LogP contribution is 2.13. The summed E-state index contributed by atoms with van der Waals surface area (Å²) in [5.74, 6) is 0.795. The Morgan fingerprint density at radius 1 is 1.19 bits per heavy atom. The number of guanidine groups is 1. The lowest BCUT2D eigenvalue weighted by atomic mass is 10.1. The van der Waals surface area contributed by atoms with Gasteiger partial charge in [-0.15, -0.1) is 0 Å². The predicted molar refractivity (Wildman–Crippen MR) is 108 cm³/mol. The van der Waals surface area contributed by atoms with Gasteiger partial charge in [0.15, 0.2) is 5.96 Å². The summed E-state index contributed by atoms with van der Waals surface area (Å²) < 4.78 is 4.07. The van der Waals surface area contributed by atoms with Crippen molar-refractivity contribution in [1.29, 1.82) is 0 Å². The summed E-state index contributed by atoms with van der Waals surface area (Å²) in [5.41, 5.74) is 4.56. The van der Waals surface area contributed by atoms with Crippen LogP contribution in [0.3, 0.4) is 0 Å². The monoisotopic (exact) mass is 365 g/mol. The van der Waals surface area contributed by atoms with Crippen molar-refractivity contribution in [3.05, 3.63) is 66.0 Å². The fourth-order valence-electron chi connectivity index (χ4n) is 3.05. The molecular formula is C20H27N7. The van der Waals surface area contributed by atoms with Crippen LogP contribution in [0.15, 0.2) is 54.0 Å². The van der Waals surface area contributed by atoms with Crippen LogP contribution in [-0.4, -0.2) is 38.9 Å². The average molecular weight is 365 g/mol. The summed E-state index contributed by atoms with van der Waals surface area (Å²) in [5, 5.41) is 11.2. The number of rotatable bonds is 7. The molecule has 3 aromatic rings. The van der Waals surface area contributed by atoms with E-state index in [4.69, 9.17) is 0 Å². The van der Waals surface area contributed by atoms with Crippen molar-refractivity contribution < 1.29 is 0 Å². The van der Waals surface area contributed by atoms with Gasteiger partial charge in [-0.25, -0.2) is 4.98 Å². The zero-order valence-corrected chi connectivity index (χ0v) is 16.2. The van der Waals surface area contributed by atoms with Crippen molar-refractivity contribution in [2.75, 3.05) is 13.6 Å². The Kier molecular flexibility index (Phi) is 6.25. The molecule has 1 aromatic carbocycles. The normalized spacial score (nSPS) is 11.6. The fraction of sp³-hybridized carbons (Fsp3) is 0.350. The van der Waals surface area contributed by atoms with E-state index in [0.29, 0.717) is 6.54 Å². The van der Waals surface area contributed by atoms with Crippen LogP contribution in [0.25, 0.3) is 5.69 Å². The van der Waals surface area contributed by atoms with E-state index in [9.17, 15) is 0 Å². The predicted octanol–water partition coefficient (Wildman–Crippen LogP) is 2.44. The second-order valence-corrected chi connectivity index (χ2v) is 6.46. The lowest BCUT2D eigenvalue weighted by Gasteiger charge is -2.14. The van der Waals surface area contributed by atoms with Gasteiger partial charge in [-0.05, 0) is 38.0 Å². The van der Waals surface area contributed by atoms with E-state index in [1.54, 1.807) is 13.2 Å². The number of imidazole rings is 1. The molecule has 2 N–H and O–H groups in total. The molecule has 7 heteroatoms. The molecule has 7 nitrogen and oxygen atoms in total. The molecule has 2 aromatic heterocycles. The summed E-state index contributed by atoms with van der Waals surface area (Å²) in [4.78, 5) is 8.45. The Labute approximate surface area is 160 Å². The Balaban J connectivity index is 1.49.